The number of hydrogen-bond donors (Lipinski definition) is 1. The van der Waals surface area contributed by atoms with Crippen molar-refractivity contribution >= 4 is 15.9 Å². The van der Waals surface area contributed by atoms with Crippen molar-refractivity contribution < 1.29 is 13.2 Å². The van der Waals surface area contributed by atoms with Gasteiger partial charge in [0.15, 0.2) is 0 Å². The summed E-state index contributed by atoms with van der Waals surface area (Å²) in [6.07, 6.45) is 8.35. The van der Waals surface area contributed by atoms with E-state index in [-0.39, 0.29) is 30.0 Å². The number of nitrogens with zero attached hydrogens (tertiary/aromatic N) is 3. The third-order valence-corrected chi connectivity index (χ3v) is 7.58. The number of sulfonamides is 1. The lowest BCUT2D eigenvalue weighted by Crippen LogP contribution is -2.44. The van der Waals surface area contributed by atoms with Crippen molar-refractivity contribution in [3.63, 3.8) is 0 Å². The number of carbonyl (C=O) groups is 1. The zero-order chi connectivity index (χ0) is 19.9. The van der Waals surface area contributed by atoms with Gasteiger partial charge in [-0.3, -0.25) is 9.59 Å². The quantitative estimate of drug-likeness (QED) is 0.813. The largest absolute Gasteiger partial charge is 0.332 e. The van der Waals surface area contributed by atoms with Gasteiger partial charge in [0.05, 0.1) is 24.5 Å². The van der Waals surface area contributed by atoms with Crippen molar-refractivity contribution in [3.05, 3.63) is 27.4 Å². The summed E-state index contributed by atoms with van der Waals surface area (Å²) in [5.41, 5.74) is 0.884. The van der Waals surface area contributed by atoms with Crippen LogP contribution in [0.25, 0.3) is 0 Å². The van der Waals surface area contributed by atoms with Crippen LogP contribution >= 0.6 is 0 Å². The summed E-state index contributed by atoms with van der Waals surface area (Å²) >= 11 is 0. The van der Waals surface area contributed by atoms with E-state index in [1.54, 1.807) is 0 Å². The topological polar surface area (TPSA) is 103 Å². The second kappa shape index (κ2) is 7.59. The summed E-state index contributed by atoms with van der Waals surface area (Å²) in [6.45, 7) is 1.11. The molecule has 1 unspecified atom stereocenters. The van der Waals surface area contributed by atoms with E-state index in [0.717, 1.165) is 44.9 Å². The smallest absolute Gasteiger partial charge is 0.254 e. The fourth-order valence-electron chi connectivity index (χ4n) is 4.76. The van der Waals surface area contributed by atoms with Crippen LogP contribution in [0.5, 0.6) is 0 Å². The van der Waals surface area contributed by atoms with Crippen LogP contribution in [0.3, 0.4) is 0 Å². The van der Waals surface area contributed by atoms with Crippen LogP contribution in [0.4, 0.5) is 0 Å². The molecule has 1 aliphatic carbocycles. The molecule has 1 aromatic rings. The van der Waals surface area contributed by atoms with E-state index in [1.165, 1.54) is 10.6 Å². The Hall–Kier alpha value is -1.74. The van der Waals surface area contributed by atoms with E-state index in [9.17, 15) is 18.0 Å². The molecule has 1 N–H and O–H groups in total. The lowest BCUT2D eigenvalue weighted by atomic mass is 9.97. The first-order valence-electron chi connectivity index (χ1n) is 10.2. The van der Waals surface area contributed by atoms with E-state index in [2.05, 4.69) is 9.97 Å². The third kappa shape index (κ3) is 3.74. The number of amides is 1. The molecule has 1 aromatic heterocycles. The van der Waals surface area contributed by atoms with Gasteiger partial charge in [-0.1, -0.05) is 12.8 Å². The van der Waals surface area contributed by atoms with Gasteiger partial charge in [0, 0.05) is 24.6 Å². The maximum Gasteiger partial charge on any atom is 0.254 e. The summed E-state index contributed by atoms with van der Waals surface area (Å²) in [6, 6.07) is -0.228. The number of aromatic amines is 1. The lowest BCUT2D eigenvalue weighted by molar-refractivity contribution is -0.139. The first-order chi connectivity index (χ1) is 13.3. The molecule has 8 nitrogen and oxygen atoms in total. The molecular weight excluding hydrogens is 380 g/mol. The van der Waals surface area contributed by atoms with Gasteiger partial charge >= 0.3 is 0 Å². The minimum Gasteiger partial charge on any atom is -0.332 e. The molecule has 0 aromatic carbocycles. The second-order valence-electron chi connectivity index (χ2n) is 8.25. The number of likely N-dealkylation sites (tertiary alicyclic amines) is 1. The van der Waals surface area contributed by atoms with Gasteiger partial charge < -0.3 is 9.88 Å². The Morgan fingerprint density at radius 3 is 2.54 bits per heavy atom. The van der Waals surface area contributed by atoms with Gasteiger partial charge in [0.1, 0.15) is 5.82 Å². The highest BCUT2D eigenvalue weighted by molar-refractivity contribution is 7.88. The molecule has 4 rings (SSSR count). The Morgan fingerprint density at radius 1 is 1.11 bits per heavy atom. The Balaban J connectivity index is 1.65. The summed E-state index contributed by atoms with van der Waals surface area (Å²) in [4.78, 5) is 35.2. The number of rotatable bonds is 3. The maximum absolute atomic E-state index is 13.1. The molecule has 2 fully saturated rings. The van der Waals surface area contributed by atoms with Gasteiger partial charge in [0.2, 0.25) is 15.9 Å². The van der Waals surface area contributed by atoms with Crippen LogP contribution < -0.4 is 5.56 Å². The summed E-state index contributed by atoms with van der Waals surface area (Å²) in [7, 11) is -3.34. The van der Waals surface area contributed by atoms with Crippen molar-refractivity contribution in [2.45, 2.75) is 64.0 Å². The average Bonchev–Trinajstić information content (AvgIpc) is 3.21. The van der Waals surface area contributed by atoms with Crippen LogP contribution in [-0.2, 0) is 27.8 Å². The molecule has 9 heteroatoms. The highest BCUT2D eigenvalue weighted by Crippen LogP contribution is 2.34. The number of piperidine rings is 1. The summed E-state index contributed by atoms with van der Waals surface area (Å²) < 4.78 is 25.2. The van der Waals surface area contributed by atoms with Crippen molar-refractivity contribution in [2.75, 3.05) is 19.3 Å². The zero-order valence-electron chi connectivity index (χ0n) is 16.3. The molecule has 1 saturated carbocycles. The van der Waals surface area contributed by atoms with Gasteiger partial charge in [-0.25, -0.2) is 13.4 Å². The van der Waals surface area contributed by atoms with Crippen LogP contribution in [0, 0.1) is 5.92 Å². The fraction of sp³-hybridized carbons (Fsp3) is 0.737. The molecule has 0 radical (unpaired) electrons. The van der Waals surface area contributed by atoms with E-state index in [4.69, 9.17) is 0 Å². The minimum absolute atomic E-state index is 0.0886. The Morgan fingerprint density at radius 2 is 1.82 bits per heavy atom. The molecule has 2 aliphatic heterocycles. The Labute approximate surface area is 165 Å². The first-order valence-corrected chi connectivity index (χ1v) is 12.1. The van der Waals surface area contributed by atoms with Crippen LogP contribution in [0.15, 0.2) is 4.79 Å². The number of nitrogens with one attached hydrogen (secondary N) is 1. The molecule has 1 saturated heterocycles. The summed E-state index contributed by atoms with van der Waals surface area (Å²) in [5.74, 6) is 0.774. The number of aromatic nitrogens is 2. The monoisotopic (exact) mass is 408 g/mol. The number of H-pyrrole nitrogens is 1. The number of carbonyl (C=O) groups excluding carboxylic acids is 1. The van der Waals surface area contributed by atoms with E-state index in [1.807, 2.05) is 4.90 Å². The SMILES string of the molecule is CS(=O)(=O)N1CCc2c(nc(C3CCCCN3C(=O)C3CCCC3)[nH]c2=O)C1. The maximum atomic E-state index is 13.1. The number of hydrogen-bond acceptors (Lipinski definition) is 5. The normalized spacial score (nSPS) is 24.3. The van der Waals surface area contributed by atoms with E-state index >= 15 is 0 Å². The second-order valence-corrected chi connectivity index (χ2v) is 10.2. The molecule has 154 valence electrons. The van der Waals surface area contributed by atoms with Crippen molar-refractivity contribution in [1.82, 2.24) is 19.2 Å². The van der Waals surface area contributed by atoms with Gasteiger partial charge in [-0.2, -0.15) is 4.31 Å². The van der Waals surface area contributed by atoms with E-state index in [0.29, 0.717) is 36.6 Å². The van der Waals surface area contributed by atoms with Gasteiger partial charge in [0.25, 0.3) is 5.56 Å². The molecule has 0 bridgehead atoms. The Bertz CT molecular complexity index is 920. The Kier molecular flexibility index (Phi) is 5.30. The number of fused-ring (bicyclic) bond motifs is 1. The van der Waals surface area contributed by atoms with Crippen LogP contribution in [0.1, 0.15) is 68.1 Å². The molecule has 0 spiro atoms. The molecule has 3 heterocycles. The molecular formula is C19H28N4O4S. The molecule has 3 aliphatic rings. The van der Waals surface area contributed by atoms with Crippen molar-refractivity contribution in [2.24, 2.45) is 5.92 Å². The van der Waals surface area contributed by atoms with Crippen molar-refractivity contribution in [1.29, 1.82) is 0 Å². The zero-order valence-corrected chi connectivity index (χ0v) is 17.1. The predicted octanol–water partition coefficient (Wildman–Crippen LogP) is 1.33. The predicted molar refractivity (Wildman–Crippen MR) is 104 cm³/mol. The van der Waals surface area contributed by atoms with Crippen molar-refractivity contribution in [3.8, 4) is 0 Å². The van der Waals surface area contributed by atoms with Crippen LogP contribution in [0.2, 0.25) is 0 Å². The molecule has 1 amide bonds. The fourth-order valence-corrected chi connectivity index (χ4v) is 5.54. The standard InChI is InChI=1S/C19H28N4O4S/c1-28(26,27)22-11-9-14-15(12-22)20-17(21-18(14)24)16-8-4-5-10-23(16)19(25)13-6-2-3-7-13/h13,16H,2-12H2,1H3,(H,20,21,24). The third-order valence-electron chi connectivity index (χ3n) is 6.33. The van der Waals surface area contributed by atoms with Gasteiger partial charge in [-0.05, 0) is 38.5 Å². The highest BCUT2D eigenvalue weighted by Gasteiger charge is 2.36. The summed E-state index contributed by atoms with van der Waals surface area (Å²) in [5, 5.41) is 0. The minimum atomic E-state index is -3.34. The highest BCUT2D eigenvalue weighted by atomic mass is 32.2. The molecule has 1 atom stereocenters. The lowest BCUT2D eigenvalue weighted by Gasteiger charge is -2.37. The van der Waals surface area contributed by atoms with Gasteiger partial charge in [-0.15, -0.1) is 0 Å². The van der Waals surface area contributed by atoms with E-state index < -0.39 is 10.0 Å². The molecule has 28 heavy (non-hydrogen) atoms. The first kappa shape index (κ1) is 19.6. The average molecular weight is 409 g/mol. The van der Waals surface area contributed by atoms with Crippen LogP contribution in [-0.4, -0.2) is 52.8 Å².